The smallest absolute Gasteiger partial charge is 0.368 e. The van der Waals surface area contributed by atoms with E-state index in [2.05, 4.69) is 24.6 Å². The highest BCUT2D eigenvalue weighted by molar-refractivity contribution is 7.06. The van der Waals surface area contributed by atoms with Gasteiger partial charge in [-0.05, 0) is 30.6 Å². The molecule has 0 unspecified atom stereocenters. The summed E-state index contributed by atoms with van der Waals surface area (Å²) < 4.78 is 79.7. The molecule has 38 heavy (non-hydrogen) atoms. The van der Waals surface area contributed by atoms with Crippen LogP contribution < -0.4 is 10.2 Å². The number of amides is 1. The zero-order chi connectivity index (χ0) is 27.5. The highest BCUT2D eigenvalue weighted by Gasteiger charge is 2.33. The Morgan fingerprint density at radius 2 is 1.74 bits per heavy atom. The number of piperazine rings is 1. The normalized spacial score (nSPS) is 15.1. The lowest BCUT2D eigenvalue weighted by Crippen LogP contribution is -2.47. The molecule has 1 amide bonds. The van der Waals surface area contributed by atoms with Crippen LogP contribution in [0, 0.1) is 6.92 Å². The number of rotatable bonds is 7. The monoisotopic (exact) mass is 559 g/mol. The zero-order valence-electron chi connectivity index (χ0n) is 20.1. The van der Waals surface area contributed by atoms with Crippen molar-refractivity contribution in [2.45, 2.75) is 32.1 Å². The van der Waals surface area contributed by atoms with Gasteiger partial charge in [-0.1, -0.05) is 0 Å². The predicted molar refractivity (Wildman–Crippen MR) is 128 cm³/mol. The lowest BCUT2D eigenvalue weighted by Gasteiger charge is -2.36. The van der Waals surface area contributed by atoms with Crippen molar-refractivity contribution in [3.63, 3.8) is 0 Å². The molecule has 204 valence electrons. The van der Waals surface area contributed by atoms with Gasteiger partial charge in [0, 0.05) is 50.2 Å². The van der Waals surface area contributed by atoms with Crippen LogP contribution in [0.3, 0.4) is 0 Å². The van der Waals surface area contributed by atoms with Gasteiger partial charge in [-0.25, -0.2) is 9.97 Å². The van der Waals surface area contributed by atoms with Crippen molar-refractivity contribution in [2.75, 3.05) is 42.9 Å². The van der Waals surface area contributed by atoms with Gasteiger partial charge in [-0.15, -0.1) is 0 Å². The molecule has 3 aromatic heterocycles. The van der Waals surface area contributed by atoms with E-state index in [9.17, 15) is 31.1 Å². The summed E-state index contributed by atoms with van der Waals surface area (Å²) in [6.45, 7) is 3.75. The summed E-state index contributed by atoms with van der Waals surface area (Å²) in [4.78, 5) is 28.8. The van der Waals surface area contributed by atoms with E-state index in [0.29, 0.717) is 42.9 Å². The molecule has 1 aliphatic rings. The second-order valence-electron chi connectivity index (χ2n) is 8.68. The number of hydrogen-bond donors (Lipinski definition) is 1. The Labute approximate surface area is 217 Å². The number of anilines is 2. The van der Waals surface area contributed by atoms with Crippen molar-refractivity contribution in [3.8, 4) is 0 Å². The van der Waals surface area contributed by atoms with E-state index >= 15 is 0 Å². The average molecular weight is 560 g/mol. The minimum absolute atomic E-state index is 0.0230. The van der Waals surface area contributed by atoms with Gasteiger partial charge in [0.05, 0.1) is 41.5 Å². The number of nitrogens with one attached hydrogen (secondary N) is 1. The molecule has 0 aliphatic carbocycles. The fourth-order valence-corrected chi connectivity index (χ4v) is 4.81. The molecule has 1 fully saturated rings. The molecular formula is C23H23F6N7OS. The molecule has 3 aromatic rings. The number of aromatic nitrogens is 4. The first kappa shape index (κ1) is 27.7. The number of carbonyl (C=O) groups excluding carboxylic acids is 1. The Hall–Kier alpha value is -3.33. The molecule has 0 bridgehead atoms. The Bertz CT molecular complexity index is 1240. The third kappa shape index (κ3) is 7.16. The summed E-state index contributed by atoms with van der Waals surface area (Å²) in [5.74, 6) is -0.182. The second kappa shape index (κ2) is 11.2. The highest BCUT2D eigenvalue weighted by atomic mass is 32.1. The minimum Gasteiger partial charge on any atom is -0.368 e. The van der Waals surface area contributed by atoms with Crippen molar-refractivity contribution < 1.29 is 31.1 Å². The molecule has 1 saturated heterocycles. The Morgan fingerprint density at radius 3 is 2.32 bits per heavy atom. The largest absolute Gasteiger partial charge is 0.434 e. The van der Waals surface area contributed by atoms with Crippen LogP contribution in [-0.4, -0.2) is 69.0 Å². The van der Waals surface area contributed by atoms with Crippen molar-refractivity contribution >= 4 is 28.9 Å². The van der Waals surface area contributed by atoms with Gasteiger partial charge in [0.1, 0.15) is 5.82 Å². The first-order chi connectivity index (χ1) is 17.9. The van der Waals surface area contributed by atoms with E-state index in [-0.39, 0.29) is 30.0 Å². The van der Waals surface area contributed by atoms with Gasteiger partial charge in [0.2, 0.25) is 0 Å². The zero-order valence-corrected chi connectivity index (χ0v) is 20.9. The quantitative estimate of drug-likeness (QED) is 0.425. The first-order valence-electron chi connectivity index (χ1n) is 11.5. The number of halogens is 6. The maximum atomic E-state index is 13.0. The number of carbonyl (C=O) groups is 1. The molecular weight excluding hydrogens is 536 g/mol. The average Bonchev–Trinajstić information content (AvgIpc) is 3.22. The Balaban J connectivity index is 1.35. The van der Waals surface area contributed by atoms with Crippen molar-refractivity contribution in [1.82, 2.24) is 24.2 Å². The molecule has 4 heterocycles. The molecule has 1 N–H and O–H groups in total. The van der Waals surface area contributed by atoms with Gasteiger partial charge in [-0.3, -0.25) is 14.7 Å². The molecule has 0 spiro atoms. The third-order valence-electron chi connectivity index (χ3n) is 5.94. The van der Waals surface area contributed by atoms with E-state index in [1.165, 1.54) is 0 Å². The topological polar surface area (TPSA) is 87.1 Å². The number of hydrogen-bond acceptors (Lipinski definition) is 8. The Kier molecular flexibility index (Phi) is 8.16. The SMILES string of the molecule is Cc1nsc(Cc2cnc(C(F)(F)F)cn2)c1C(=O)Nc1ccc(N2CCN(CCC(F)(F)F)CC2)cn1. The first-order valence-corrected chi connectivity index (χ1v) is 12.3. The standard InChI is InChI=1S/C23H23F6N7OS/c1-14-20(17(38-34-14)10-15-11-31-18(13-30-15)23(27,28)29)21(37)33-19-3-2-16(12-32-19)36-8-6-35(7-9-36)5-4-22(24,25)26/h2-3,11-13H,4-10H2,1H3,(H,32,33,37). The van der Waals surface area contributed by atoms with Gasteiger partial charge >= 0.3 is 12.4 Å². The number of nitrogens with zero attached hydrogens (tertiary/aromatic N) is 6. The van der Waals surface area contributed by atoms with Crippen LogP contribution in [0.5, 0.6) is 0 Å². The number of pyridine rings is 1. The molecule has 0 saturated carbocycles. The Morgan fingerprint density at radius 1 is 1.00 bits per heavy atom. The van der Waals surface area contributed by atoms with Gasteiger partial charge in [0.15, 0.2) is 5.69 Å². The lowest BCUT2D eigenvalue weighted by atomic mass is 10.1. The van der Waals surface area contributed by atoms with Crippen molar-refractivity contribution in [3.05, 3.63) is 58.2 Å². The third-order valence-corrected chi connectivity index (χ3v) is 6.87. The number of aryl methyl sites for hydroxylation is 1. The fourth-order valence-electron chi connectivity index (χ4n) is 3.93. The van der Waals surface area contributed by atoms with Crippen LogP contribution in [0.25, 0.3) is 0 Å². The minimum atomic E-state index is -4.59. The van der Waals surface area contributed by atoms with Crippen LogP contribution >= 0.6 is 11.5 Å². The molecule has 8 nitrogen and oxygen atoms in total. The summed E-state index contributed by atoms with van der Waals surface area (Å²) in [6.07, 6.45) is -6.26. The summed E-state index contributed by atoms with van der Waals surface area (Å²) >= 11 is 1.05. The lowest BCUT2D eigenvalue weighted by molar-refractivity contribution is -0.141. The van der Waals surface area contributed by atoms with Gasteiger partial charge < -0.3 is 10.2 Å². The maximum absolute atomic E-state index is 13.0. The fraction of sp³-hybridized carbons (Fsp3) is 0.435. The summed E-state index contributed by atoms with van der Waals surface area (Å²) in [5, 5.41) is 2.71. The van der Waals surface area contributed by atoms with Crippen molar-refractivity contribution in [1.29, 1.82) is 0 Å². The summed E-state index contributed by atoms with van der Waals surface area (Å²) in [6, 6.07) is 3.39. The maximum Gasteiger partial charge on any atom is 0.434 e. The van der Waals surface area contributed by atoms with Crippen LogP contribution in [0.15, 0.2) is 30.7 Å². The molecule has 4 rings (SSSR count). The van der Waals surface area contributed by atoms with Crippen LogP contribution in [0.4, 0.5) is 37.8 Å². The number of alkyl halides is 6. The molecule has 1 aliphatic heterocycles. The van der Waals surface area contributed by atoms with E-state index in [1.807, 2.05) is 4.90 Å². The van der Waals surface area contributed by atoms with Crippen LogP contribution in [0.2, 0.25) is 0 Å². The van der Waals surface area contributed by atoms with Gasteiger partial charge in [0.25, 0.3) is 5.91 Å². The molecule has 0 radical (unpaired) electrons. The summed E-state index contributed by atoms with van der Waals surface area (Å²) in [7, 11) is 0. The van der Waals surface area contributed by atoms with Crippen LogP contribution in [-0.2, 0) is 12.6 Å². The van der Waals surface area contributed by atoms with Gasteiger partial charge in [-0.2, -0.15) is 30.7 Å². The molecule has 15 heteroatoms. The van der Waals surface area contributed by atoms with E-state index in [4.69, 9.17) is 0 Å². The van der Waals surface area contributed by atoms with E-state index in [0.717, 1.165) is 23.4 Å². The highest BCUT2D eigenvalue weighted by Crippen LogP contribution is 2.28. The molecule has 0 atom stereocenters. The second-order valence-corrected chi connectivity index (χ2v) is 9.54. The summed E-state index contributed by atoms with van der Waals surface area (Å²) in [5.41, 5.74) is 0.697. The molecule has 0 aromatic carbocycles. The van der Waals surface area contributed by atoms with Crippen LogP contribution in [0.1, 0.15) is 38.7 Å². The predicted octanol–water partition coefficient (Wildman–Crippen LogP) is 4.57. The van der Waals surface area contributed by atoms with E-state index in [1.54, 1.807) is 30.2 Å². The van der Waals surface area contributed by atoms with E-state index < -0.39 is 30.4 Å². The van der Waals surface area contributed by atoms with Crippen molar-refractivity contribution in [2.24, 2.45) is 0 Å².